The minimum absolute atomic E-state index is 0.0251. The molecule has 0 aliphatic carbocycles. The van der Waals surface area contributed by atoms with Gasteiger partial charge in [0, 0.05) is 11.4 Å². The number of ether oxygens (including phenoxy) is 1. The number of aryl methyl sites for hydroxylation is 1. The Morgan fingerprint density at radius 2 is 2.35 bits per heavy atom. The summed E-state index contributed by atoms with van der Waals surface area (Å²) in [5.74, 6) is 0. The third-order valence-corrected chi connectivity index (χ3v) is 5.60. The first-order chi connectivity index (χ1) is 8.25. The number of nitrogens with two attached hydrogens (primary N) is 1. The Balaban J connectivity index is 2.02. The number of hydrogen-bond donors (Lipinski definition) is 1. The molecule has 90 valence electrons. The van der Waals surface area contributed by atoms with Gasteiger partial charge in [0.05, 0.1) is 29.2 Å². The topological polar surface area (TPSA) is 48.1 Å². The molecule has 1 fully saturated rings. The van der Waals surface area contributed by atoms with Crippen LogP contribution in [0.25, 0.3) is 9.88 Å². The van der Waals surface area contributed by atoms with Gasteiger partial charge in [-0.05, 0) is 18.4 Å². The van der Waals surface area contributed by atoms with Crippen molar-refractivity contribution in [2.75, 3.05) is 19.8 Å². The normalized spacial score (nSPS) is 18.0. The largest absolute Gasteiger partial charge is 0.379 e. The number of rotatable bonds is 3. The lowest BCUT2D eigenvalue weighted by atomic mass is 9.84. The van der Waals surface area contributed by atoms with Gasteiger partial charge in [0.1, 0.15) is 5.01 Å². The molecule has 3 rings (SSSR count). The smallest absolute Gasteiger partial charge is 0.133 e. The second kappa shape index (κ2) is 4.17. The van der Waals surface area contributed by atoms with E-state index >= 15 is 0 Å². The van der Waals surface area contributed by atoms with Crippen molar-refractivity contribution in [2.24, 2.45) is 5.73 Å². The maximum absolute atomic E-state index is 5.90. The molecule has 0 unspecified atom stereocenters. The van der Waals surface area contributed by atoms with Gasteiger partial charge in [-0.1, -0.05) is 6.07 Å². The SMILES string of the molecule is Cc1nc(-c2cccs2)sc1C1(CN)COC1. The maximum atomic E-state index is 5.90. The molecule has 1 aliphatic rings. The van der Waals surface area contributed by atoms with Crippen LogP contribution in [0.2, 0.25) is 0 Å². The molecule has 17 heavy (non-hydrogen) atoms. The molecule has 2 N–H and O–H groups in total. The highest BCUT2D eigenvalue weighted by atomic mass is 32.1. The van der Waals surface area contributed by atoms with E-state index in [9.17, 15) is 0 Å². The van der Waals surface area contributed by atoms with Crippen LogP contribution in [0.4, 0.5) is 0 Å². The second-order valence-corrected chi connectivity index (χ2v) is 6.33. The predicted octanol–water partition coefficient (Wildman–Crippen LogP) is 2.41. The zero-order valence-corrected chi connectivity index (χ0v) is 11.2. The van der Waals surface area contributed by atoms with Gasteiger partial charge in [-0.25, -0.2) is 4.98 Å². The van der Waals surface area contributed by atoms with E-state index in [1.54, 1.807) is 22.7 Å². The van der Waals surface area contributed by atoms with Crippen LogP contribution in [-0.2, 0) is 10.2 Å². The van der Waals surface area contributed by atoms with Gasteiger partial charge in [-0.15, -0.1) is 22.7 Å². The molecule has 0 saturated carbocycles. The van der Waals surface area contributed by atoms with Gasteiger partial charge in [-0.2, -0.15) is 0 Å². The third-order valence-electron chi connectivity index (χ3n) is 3.16. The molecule has 0 amide bonds. The average molecular weight is 266 g/mol. The lowest BCUT2D eigenvalue weighted by molar-refractivity contribution is -0.0535. The summed E-state index contributed by atoms with van der Waals surface area (Å²) >= 11 is 3.49. The minimum Gasteiger partial charge on any atom is -0.379 e. The quantitative estimate of drug-likeness (QED) is 0.928. The number of thiophene rings is 1. The first kappa shape index (κ1) is 11.3. The zero-order chi connectivity index (χ0) is 11.9. The van der Waals surface area contributed by atoms with Crippen molar-refractivity contribution in [1.82, 2.24) is 4.98 Å². The van der Waals surface area contributed by atoms with E-state index in [-0.39, 0.29) is 5.41 Å². The number of hydrogen-bond acceptors (Lipinski definition) is 5. The molecule has 2 aromatic rings. The summed E-state index contributed by atoms with van der Waals surface area (Å²) in [5.41, 5.74) is 7.03. The van der Waals surface area contributed by atoms with Crippen molar-refractivity contribution in [3.8, 4) is 9.88 Å². The molecule has 3 heterocycles. The van der Waals surface area contributed by atoms with Crippen molar-refractivity contribution in [3.05, 3.63) is 28.1 Å². The summed E-state index contributed by atoms with van der Waals surface area (Å²) in [7, 11) is 0. The molecule has 0 bridgehead atoms. The first-order valence-electron chi connectivity index (χ1n) is 5.55. The van der Waals surface area contributed by atoms with Crippen LogP contribution in [0.3, 0.4) is 0 Å². The minimum atomic E-state index is 0.0251. The second-order valence-electron chi connectivity index (χ2n) is 4.39. The Morgan fingerprint density at radius 1 is 1.53 bits per heavy atom. The summed E-state index contributed by atoms with van der Waals surface area (Å²) in [6.07, 6.45) is 0. The molecule has 0 radical (unpaired) electrons. The number of nitrogens with zero attached hydrogens (tertiary/aromatic N) is 1. The molecule has 0 atom stereocenters. The van der Waals surface area contributed by atoms with Gasteiger partial charge in [0.25, 0.3) is 0 Å². The fraction of sp³-hybridized carbons (Fsp3) is 0.417. The fourth-order valence-electron chi connectivity index (χ4n) is 2.08. The summed E-state index contributed by atoms with van der Waals surface area (Å²) in [4.78, 5) is 7.20. The van der Waals surface area contributed by atoms with E-state index in [1.807, 2.05) is 0 Å². The average Bonchev–Trinajstić information content (AvgIpc) is 2.87. The van der Waals surface area contributed by atoms with E-state index < -0.39 is 0 Å². The Bertz CT molecular complexity index is 509. The molecule has 3 nitrogen and oxygen atoms in total. The molecule has 5 heteroatoms. The third kappa shape index (κ3) is 1.74. The van der Waals surface area contributed by atoms with Crippen molar-refractivity contribution in [2.45, 2.75) is 12.3 Å². The monoisotopic (exact) mass is 266 g/mol. The molecular weight excluding hydrogens is 252 g/mol. The summed E-state index contributed by atoms with van der Waals surface area (Å²) < 4.78 is 5.34. The molecule has 1 aliphatic heterocycles. The Kier molecular flexibility index (Phi) is 2.78. The summed E-state index contributed by atoms with van der Waals surface area (Å²) in [6.45, 7) is 4.17. The van der Waals surface area contributed by atoms with Crippen molar-refractivity contribution < 1.29 is 4.74 Å². The molecule has 1 saturated heterocycles. The van der Waals surface area contributed by atoms with Crippen molar-refractivity contribution in [1.29, 1.82) is 0 Å². The van der Waals surface area contributed by atoms with Gasteiger partial charge in [0.2, 0.25) is 0 Å². The first-order valence-corrected chi connectivity index (χ1v) is 7.24. The van der Waals surface area contributed by atoms with Crippen LogP contribution in [-0.4, -0.2) is 24.7 Å². The van der Waals surface area contributed by atoms with Crippen LogP contribution in [0.15, 0.2) is 17.5 Å². The maximum Gasteiger partial charge on any atom is 0.133 e. The summed E-state index contributed by atoms with van der Waals surface area (Å²) in [6, 6.07) is 4.17. The van der Waals surface area contributed by atoms with Crippen LogP contribution in [0, 0.1) is 6.92 Å². The van der Waals surface area contributed by atoms with E-state index in [0.29, 0.717) is 6.54 Å². The van der Waals surface area contributed by atoms with Gasteiger partial charge >= 0.3 is 0 Å². The Labute approximate surface area is 108 Å². The van der Waals surface area contributed by atoms with Crippen LogP contribution in [0.5, 0.6) is 0 Å². The van der Waals surface area contributed by atoms with Crippen molar-refractivity contribution in [3.63, 3.8) is 0 Å². The van der Waals surface area contributed by atoms with E-state index in [1.165, 1.54) is 9.75 Å². The highest BCUT2D eigenvalue weighted by molar-refractivity contribution is 7.21. The van der Waals surface area contributed by atoms with E-state index in [0.717, 1.165) is 23.9 Å². The van der Waals surface area contributed by atoms with Crippen LogP contribution < -0.4 is 5.73 Å². The molecular formula is C12H14N2OS2. The van der Waals surface area contributed by atoms with Gasteiger partial charge in [0.15, 0.2) is 0 Å². The molecule has 0 spiro atoms. The molecule has 0 aromatic carbocycles. The van der Waals surface area contributed by atoms with Crippen molar-refractivity contribution >= 4 is 22.7 Å². The van der Waals surface area contributed by atoms with Gasteiger partial charge < -0.3 is 10.5 Å². The Morgan fingerprint density at radius 3 is 2.88 bits per heavy atom. The lowest BCUT2D eigenvalue weighted by Gasteiger charge is -2.39. The predicted molar refractivity (Wildman–Crippen MR) is 71.7 cm³/mol. The zero-order valence-electron chi connectivity index (χ0n) is 9.60. The fourth-order valence-corrected chi connectivity index (χ4v) is 4.12. The highest BCUT2D eigenvalue weighted by Crippen LogP contribution is 2.40. The van der Waals surface area contributed by atoms with E-state index in [4.69, 9.17) is 10.5 Å². The standard InChI is InChI=1S/C12H14N2OS2/c1-8-10(12(5-13)6-15-7-12)17-11(14-8)9-3-2-4-16-9/h2-4H,5-7,13H2,1H3. The lowest BCUT2D eigenvalue weighted by Crippen LogP contribution is -2.52. The van der Waals surface area contributed by atoms with Crippen LogP contribution >= 0.6 is 22.7 Å². The highest BCUT2D eigenvalue weighted by Gasteiger charge is 2.42. The molecule has 2 aromatic heterocycles. The van der Waals surface area contributed by atoms with Crippen LogP contribution in [0.1, 0.15) is 10.6 Å². The van der Waals surface area contributed by atoms with Gasteiger partial charge in [-0.3, -0.25) is 0 Å². The number of aromatic nitrogens is 1. The Hall–Kier alpha value is -0.750. The van der Waals surface area contributed by atoms with E-state index in [2.05, 4.69) is 29.4 Å². The number of thiazole rings is 1. The summed E-state index contributed by atoms with van der Waals surface area (Å²) in [5, 5.41) is 3.18.